The Kier molecular flexibility index (Phi) is 3.32. The van der Waals surface area contributed by atoms with Gasteiger partial charge in [0.05, 0.1) is 6.04 Å². The number of hydrogen-bond acceptors (Lipinski definition) is 3. The maximum Gasteiger partial charge on any atom is 0.0651 e. The van der Waals surface area contributed by atoms with Gasteiger partial charge < -0.3 is 5.73 Å². The summed E-state index contributed by atoms with van der Waals surface area (Å²) >= 11 is 1.72. The first kappa shape index (κ1) is 9.87. The molecule has 0 spiro atoms. The topological polar surface area (TPSA) is 38.4 Å². The molecular weight excluding hydrogens is 192 g/mol. The maximum absolute atomic E-state index is 6.01. The fourth-order valence-corrected chi connectivity index (χ4v) is 2.45. The Morgan fingerprint density at radius 3 is 3.00 bits per heavy atom. The second-order valence-electron chi connectivity index (χ2n) is 3.81. The van der Waals surface area contributed by atoms with Gasteiger partial charge in [0.25, 0.3) is 0 Å². The Labute approximate surface area is 88.9 Å². The number of nitrogens with zero attached hydrogens (tertiary/aromatic N) is 1. The Bertz CT molecular complexity index is 292. The van der Waals surface area contributed by atoms with Crippen molar-refractivity contribution in [1.82, 2.24) is 0 Å². The molecule has 2 N–H and O–H groups in total. The molecule has 1 aromatic heterocycles. The van der Waals surface area contributed by atoms with Gasteiger partial charge in [0.1, 0.15) is 0 Å². The highest BCUT2D eigenvalue weighted by atomic mass is 32.1. The van der Waals surface area contributed by atoms with Gasteiger partial charge in [-0.1, -0.05) is 18.9 Å². The third-order valence-corrected chi connectivity index (χ3v) is 3.52. The third kappa shape index (κ3) is 2.42. The molecule has 1 aliphatic carbocycles. The molecule has 2 nitrogen and oxygen atoms in total. The van der Waals surface area contributed by atoms with Gasteiger partial charge in [0.2, 0.25) is 0 Å². The summed E-state index contributed by atoms with van der Waals surface area (Å²) in [7, 11) is 0. The van der Waals surface area contributed by atoms with Gasteiger partial charge in [0.15, 0.2) is 0 Å². The van der Waals surface area contributed by atoms with Crippen molar-refractivity contribution < 1.29 is 0 Å². The molecule has 0 radical (unpaired) electrons. The average molecular weight is 208 g/mol. The van der Waals surface area contributed by atoms with Crippen molar-refractivity contribution in [3.8, 4) is 0 Å². The third-order valence-electron chi connectivity index (χ3n) is 2.72. The Balaban J connectivity index is 1.95. The summed E-state index contributed by atoms with van der Waals surface area (Å²) in [6.07, 6.45) is 6.81. The van der Waals surface area contributed by atoms with Crippen LogP contribution in [0.1, 0.15) is 30.6 Å². The molecule has 1 heterocycles. The minimum Gasteiger partial charge on any atom is -0.326 e. The highest BCUT2D eigenvalue weighted by Gasteiger charge is 2.19. The lowest BCUT2D eigenvalue weighted by molar-refractivity contribution is 0.387. The lowest BCUT2D eigenvalue weighted by Gasteiger charge is -2.24. The molecule has 1 saturated carbocycles. The molecule has 1 fully saturated rings. The summed E-state index contributed by atoms with van der Waals surface area (Å²) in [6.45, 7) is 0. The number of nitrogens with two attached hydrogens (primary N) is 1. The quantitative estimate of drug-likeness (QED) is 0.745. The molecule has 0 aromatic carbocycles. The van der Waals surface area contributed by atoms with Crippen LogP contribution >= 0.6 is 11.3 Å². The largest absolute Gasteiger partial charge is 0.326 e. The minimum atomic E-state index is 0.278. The normalized spacial score (nSPS) is 28.4. The number of rotatable bonds is 2. The summed E-state index contributed by atoms with van der Waals surface area (Å²) in [5, 5.41) is 2.07. The van der Waals surface area contributed by atoms with E-state index in [1.54, 1.807) is 11.3 Å². The first-order chi connectivity index (χ1) is 6.86. The molecule has 2 rings (SSSR count). The smallest absolute Gasteiger partial charge is 0.0651 e. The van der Waals surface area contributed by atoms with E-state index in [1.165, 1.54) is 17.7 Å². The van der Waals surface area contributed by atoms with Crippen LogP contribution in [-0.2, 0) is 0 Å². The van der Waals surface area contributed by atoms with Gasteiger partial charge in [-0.15, -0.1) is 11.3 Å². The SMILES string of the molecule is N[C@@H]1CCCC[C@H]1/N=C/c1cccs1. The second kappa shape index (κ2) is 4.71. The van der Waals surface area contributed by atoms with Crippen molar-refractivity contribution in [1.29, 1.82) is 0 Å². The van der Waals surface area contributed by atoms with Crippen molar-refractivity contribution in [2.24, 2.45) is 10.7 Å². The van der Waals surface area contributed by atoms with E-state index in [0.717, 1.165) is 12.8 Å². The van der Waals surface area contributed by atoms with Crippen LogP contribution in [0.2, 0.25) is 0 Å². The van der Waals surface area contributed by atoms with Gasteiger partial charge in [-0.25, -0.2) is 0 Å². The molecule has 0 bridgehead atoms. The Morgan fingerprint density at radius 1 is 1.43 bits per heavy atom. The fraction of sp³-hybridized carbons (Fsp3) is 0.545. The van der Waals surface area contributed by atoms with Gasteiger partial charge >= 0.3 is 0 Å². The fourth-order valence-electron chi connectivity index (χ4n) is 1.86. The first-order valence-electron chi connectivity index (χ1n) is 5.18. The Hall–Kier alpha value is -0.670. The molecule has 3 heteroatoms. The van der Waals surface area contributed by atoms with E-state index in [0.29, 0.717) is 6.04 Å². The first-order valence-corrected chi connectivity index (χ1v) is 6.06. The second-order valence-corrected chi connectivity index (χ2v) is 4.79. The summed E-state index contributed by atoms with van der Waals surface area (Å²) in [5.41, 5.74) is 6.01. The molecule has 76 valence electrons. The molecule has 0 aliphatic heterocycles. The molecule has 0 saturated heterocycles. The molecule has 1 aromatic rings. The van der Waals surface area contributed by atoms with E-state index in [9.17, 15) is 0 Å². The van der Waals surface area contributed by atoms with Crippen LogP contribution in [0.4, 0.5) is 0 Å². The zero-order valence-corrected chi connectivity index (χ0v) is 9.04. The van der Waals surface area contributed by atoms with Crippen LogP contribution in [0, 0.1) is 0 Å². The summed E-state index contributed by atoms with van der Waals surface area (Å²) < 4.78 is 0. The summed E-state index contributed by atoms with van der Waals surface area (Å²) in [6, 6.07) is 4.76. The van der Waals surface area contributed by atoms with E-state index in [-0.39, 0.29) is 6.04 Å². The number of thiophene rings is 1. The van der Waals surface area contributed by atoms with Crippen LogP contribution in [-0.4, -0.2) is 18.3 Å². The number of hydrogen-bond donors (Lipinski definition) is 1. The molecule has 2 atom stereocenters. The van der Waals surface area contributed by atoms with E-state index in [2.05, 4.69) is 16.4 Å². The molecule has 14 heavy (non-hydrogen) atoms. The minimum absolute atomic E-state index is 0.278. The zero-order valence-electron chi connectivity index (χ0n) is 8.23. The monoisotopic (exact) mass is 208 g/mol. The van der Waals surface area contributed by atoms with E-state index < -0.39 is 0 Å². The maximum atomic E-state index is 6.01. The number of aliphatic imine (C=N–C) groups is 1. The van der Waals surface area contributed by atoms with E-state index in [1.807, 2.05) is 12.3 Å². The average Bonchev–Trinajstić information content (AvgIpc) is 2.69. The lowest BCUT2D eigenvalue weighted by atomic mass is 9.91. The standard InChI is InChI=1S/C11H16N2S/c12-10-5-1-2-6-11(10)13-8-9-4-3-7-14-9/h3-4,7-8,10-11H,1-2,5-6,12H2/b13-8+/t10-,11-/m1/s1. The highest BCUT2D eigenvalue weighted by Crippen LogP contribution is 2.19. The van der Waals surface area contributed by atoms with Crippen LogP contribution in [0.15, 0.2) is 22.5 Å². The van der Waals surface area contributed by atoms with Crippen LogP contribution in [0.25, 0.3) is 0 Å². The molecule has 0 unspecified atom stereocenters. The van der Waals surface area contributed by atoms with E-state index in [4.69, 9.17) is 5.73 Å². The van der Waals surface area contributed by atoms with Gasteiger partial charge in [-0.3, -0.25) is 4.99 Å². The molecule has 0 amide bonds. The van der Waals surface area contributed by atoms with Crippen molar-refractivity contribution in [2.75, 3.05) is 0 Å². The zero-order chi connectivity index (χ0) is 9.80. The highest BCUT2D eigenvalue weighted by molar-refractivity contribution is 7.11. The van der Waals surface area contributed by atoms with Crippen molar-refractivity contribution in [3.63, 3.8) is 0 Å². The lowest BCUT2D eigenvalue weighted by Crippen LogP contribution is -2.36. The van der Waals surface area contributed by atoms with Gasteiger partial charge in [-0.2, -0.15) is 0 Å². The summed E-state index contributed by atoms with van der Waals surface area (Å²) in [4.78, 5) is 5.79. The van der Waals surface area contributed by atoms with Crippen molar-refractivity contribution >= 4 is 17.6 Å². The summed E-state index contributed by atoms with van der Waals surface area (Å²) in [5.74, 6) is 0. The predicted octanol–water partition coefficient (Wildman–Crippen LogP) is 2.44. The van der Waals surface area contributed by atoms with E-state index >= 15 is 0 Å². The van der Waals surface area contributed by atoms with Crippen molar-refractivity contribution in [2.45, 2.75) is 37.8 Å². The molecular formula is C11H16N2S. The van der Waals surface area contributed by atoms with Crippen LogP contribution < -0.4 is 5.73 Å². The van der Waals surface area contributed by atoms with Gasteiger partial charge in [0, 0.05) is 17.1 Å². The van der Waals surface area contributed by atoms with Crippen molar-refractivity contribution in [3.05, 3.63) is 22.4 Å². The van der Waals surface area contributed by atoms with Crippen LogP contribution in [0.3, 0.4) is 0 Å². The van der Waals surface area contributed by atoms with Crippen LogP contribution in [0.5, 0.6) is 0 Å². The predicted molar refractivity (Wildman–Crippen MR) is 62.1 cm³/mol. The Morgan fingerprint density at radius 2 is 2.29 bits per heavy atom. The van der Waals surface area contributed by atoms with Gasteiger partial charge in [-0.05, 0) is 24.3 Å². The molecule has 1 aliphatic rings.